The van der Waals surface area contributed by atoms with Crippen LogP contribution in [-0.2, 0) is 28.4 Å². The van der Waals surface area contributed by atoms with E-state index >= 15 is 0 Å². The van der Waals surface area contributed by atoms with Gasteiger partial charge in [-0.25, -0.2) is 0 Å². The second kappa shape index (κ2) is 10.6. The molecule has 2 aromatic carbocycles. The van der Waals surface area contributed by atoms with Gasteiger partial charge in [0.1, 0.15) is 0 Å². The van der Waals surface area contributed by atoms with Gasteiger partial charge in [0, 0.05) is 31.4 Å². The molecule has 0 spiro atoms. The largest absolute Gasteiger partial charge is 0.465 e. The third-order valence-corrected chi connectivity index (χ3v) is 5.77. The summed E-state index contributed by atoms with van der Waals surface area (Å²) >= 11 is 0. The van der Waals surface area contributed by atoms with Crippen molar-refractivity contribution in [3.05, 3.63) is 64.7 Å². The highest BCUT2D eigenvalue weighted by atomic mass is 19.4. The summed E-state index contributed by atoms with van der Waals surface area (Å²) < 4.78 is 86.6. The molecular weight excluding hydrogens is 476 g/mol. The van der Waals surface area contributed by atoms with Crippen molar-refractivity contribution in [3.63, 3.8) is 0 Å². The number of likely N-dealkylation sites (tertiary alicyclic amines) is 1. The zero-order valence-corrected chi connectivity index (χ0v) is 18.8. The van der Waals surface area contributed by atoms with E-state index in [9.17, 15) is 31.1 Å². The molecule has 1 aliphatic heterocycles. The molecule has 1 atom stereocenters. The van der Waals surface area contributed by atoms with Gasteiger partial charge in [-0.3, -0.25) is 9.69 Å². The molecule has 11 heteroatoms. The SMILES string of the molecule is CCOC(=O)CN1CC[C@H](N(Cc2ccccc2C(F)(F)F)c2ccc(C#N)c(C(F)(F)F)c2)C1. The first-order valence-electron chi connectivity index (χ1n) is 10.8. The first kappa shape index (κ1) is 26.3. The van der Waals surface area contributed by atoms with Crippen LogP contribution in [0.1, 0.15) is 35.6 Å². The topological polar surface area (TPSA) is 56.6 Å². The molecule has 0 amide bonds. The molecule has 0 N–H and O–H groups in total. The van der Waals surface area contributed by atoms with Crippen molar-refractivity contribution in [2.75, 3.05) is 31.1 Å². The maximum absolute atomic E-state index is 13.6. The summed E-state index contributed by atoms with van der Waals surface area (Å²) in [6.45, 7) is 2.18. The Bertz CT molecular complexity index is 1090. The number of hydrogen-bond acceptors (Lipinski definition) is 5. The molecule has 0 unspecified atom stereocenters. The van der Waals surface area contributed by atoms with E-state index in [-0.39, 0.29) is 37.5 Å². The molecule has 1 aliphatic rings. The van der Waals surface area contributed by atoms with Crippen molar-refractivity contribution < 1.29 is 35.9 Å². The maximum atomic E-state index is 13.6. The summed E-state index contributed by atoms with van der Waals surface area (Å²) in [5.74, 6) is -0.458. The van der Waals surface area contributed by atoms with E-state index < -0.39 is 41.1 Å². The fourth-order valence-electron chi connectivity index (χ4n) is 4.19. The van der Waals surface area contributed by atoms with Crippen molar-refractivity contribution in [2.24, 2.45) is 0 Å². The van der Waals surface area contributed by atoms with Crippen molar-refractivity contribution in [2.45, 2.75) is 38.3 Å². The molecule has 1 fully saturated rings. The van der Waals surface area contributed by atoms with Gasteiger partial charge in [0.25, 0.3) is 0 Å². The van der Waals surface area contributed by atoms with E-state index in [1.807, 2.05) is 0 Å². The van der Waals surface area contributed by atoms with Gasteiger partial charge in [-0.05, 0) is 43.2 Å². The molecule has 0 aromatic heterocycles. The average Bonchev–Trinajstić information content (AvgIpc) is 3.24. The fraction of sp³-hybridized carbons (Fsp3) is 0.417. The Morgan fingerprint density at radius 3 is 2.43 bits per heavy atom. The van der Waals surface area contributed by atoms with Crippen LogP contribution in [0.5, 0.6) is 0 Å². The Kier molecular flexibility index (Phi) is 7.95. The van der Waals surface area contributed by atoms with E-state index in [0.29, 0.717) is 13.0 Å². The minimum Gasteiger partial charge on any atom is -0.465 e. The zero-order valence-electron chi connectivity index (χ0n) is 18.8. The molecule has 3 rings (SSSR count). The molecule has 0 aliphatic carbocycles. The molecule has 188 valence electrons. The summed E-state index contributed by atoms with van der Waals surface area (Å²) in [6.07, 6.45) is -9.05. The van der Waals surface area contributed by atoms with Gasteiger partial charge in [-0.15, -0.1) is 0 Å². The van der Waals surface area contributed by atoms with Gasteiger partial charge in [0.15, 0.2) is 0 Å². The number of anilines is 1. The first-order chi connectivity index (χ1) is 16.4. The average molecular weight is 499 g/mol. The molecule has 0 saturated carbocycles. The standard InChI is InChI=1S/C24H23F6N3O2/c1-2-35-22(34)15-32-10-9-19(14-32)33(13-17-5-3-4-6-20(17)23(25,26)27)18-8-7-16(12-31)21(11-18)24(28,29)30/h3-8,11,19H,2,9-10,13-15H2,1H3/t19-/m0/s1. The van der Waals surface area contributed by atoms with Gasteiger partial charge in [-0.2, -0.15) is 31.6 Å². The van der Waals surface area contributed by atoms with Crippen LogP contribution in [0.15, 0.2) is 42.5 Å². The molecule has 0 bridgehead atoms. The van der Waals surface area contributed by atoms with E-state index in [4.69, 9.17) is 10.00 Å². The number of nitriles is 1. The minimum absolute atomic E-state index is 0.0293. The highest BCUT2D eigenvalue weighted by Crippen LogP contribution is 2.37. The Morgan fingerprint density at radius 2 is 1.80 bits per heavy atom. The van der Waals surface area contributed by atoms with Crippen LogP contribution >= 0.6 is 0 Å². The summed E-state index contributed by atoms with van der Waals surface area (Å²) in [5.41, 5.74) is -2.67. The zero-order chi connectivity index (χ0) is 25.8. The molecule has 5 nitrogen and oxygen atoms in total. The number of halogens is 6. The lowest BCUT2D eigenvalue weighted by molar-refractivity contribution is -0.144. The van der Waals surface area contributed by atoms with Crippen LogP contribution in [0.4, 0.5) is 32.0 Å². The Hall–Kier alpha value is -3.26. The summed E-state index contributed by atoms with van der Waals surface area (Å²) in [5, 5.41) is 9.11. The molecule has 1 heterocycles. The Balaban J connectivity index is 2.00. The van der Waals surface area contributed by atoms with Crippen LogP contribution in [0.3, 0.4) is 0 Å². The third-order valence-electron chi connectivity index (χ3n) is 5.77. The van der Waals surface area contributed by atoms with Gasteiger partial charge >= 0.3 is 18.3 Å². The lowest BCUT2D eigenvalue weighted by Gasteiger charge is -2.33. The first-order valence-corrected chi connectivity index (χ1v) is 10.8. The van der Waals surface area contributed by atoms with E-state index in [0.717, 1.165) is 18.2 Å². The lowest BCUT2D eigenvalue weighted by Crippen LogP contribution is -2.39. The van der Waals surface area contributed by atoms with E-state index in [1.165, 1.54) is 35.2 Å². The monoisotopic (exact) mass is 499 g/mol. The third kappa shape index (κ3) is 6.45. The fourth-order valence-corrected chi connectivity index (χ4v) is 4.19. The molecule has 35 heavy (non-hydrogen) atoms. The van der Waals surface area contributed by atoms with Crippen LogP contribution in [0.25, 0.3) is 0 Å². The number of esters is 1. The summed E-state index contributed by atoms with van der Waals surface area (Å²) in [7, 11) is 0. The second-order valence-corrected chi connectivity index (χ2v) is 8.10. The smallest absolute Gasteiger partial charge is 0.417 e. The number of alkyl halides is 6. The van der Waals surface area contributed by atoms with Gasteiger partial charge in [0.2, 0.25) is 0 Å². The molecule has 0 radical (unpaired) electrons. The maximum Gasteiger partial charge on any atom is 0.417 e. The number of hydrogen-bond donors (Lipinski definition) is 0. The predicted octanol–water partition coefficient (Wildman–Crippen LogP) is 5.24. The van der Waals surface area contributed by atoms with E-state index in [2.05, 4.69) is 0 Å². The quantitative estimate of drug-likeness (QED) is 0.385. The number of carbonyl (C=O) groups excluding carboxylic acids is 1. The number of rotatable bonds is 7. The van der Waals surface area contributed by atoms with Crippen LogP contribution < -0.4 is 4.90 Å². The van der Waals surface area contributed by atoms with Gasteiger partial charge in [-0.1, -0.05) is 18.2 Å². The number of benzene rings is 2. The van der Waals surface area contributed by atoms with Crippen molar-refractivity contribution in [3.8, 4) is 6.07 Å². The van der Waals surface area contributed by atoms with Crippen molar-refractivity contribution in [1.29, 1.82) is 5.26 Å². The molecular formula is C24H23F6N3O2. The number of ether oxygens (including phenoxy) is 1. The van der Waals surface area contributed by atoms with E-state index in [1.54, 1.807) is 11.8 Å². The van der Waals surface area contributed by atoms with Crippen molar-refractivity contribution in [1.82, 2.24) is 4.90 Å². The molecule has 2 aromatic rings. The molecule has 1 saturated heterocycles. The Labute approximate surface area is 198 Å². The highest BCUT2D eigenvalue weighted by Gasteiger charge is 2.37. The highest BCUT2D eigenvalue weighted by molar-refractivity contribution is 5.71. The summed E-state index contributed by atoms with van der Waals surface area (Å²) in [6, 6.07) is 9.05. The van der Waals surface area contributed by atoms with Crippen LogP contribution in [0, 0.1) is 11.3 Å². The number of nitrogens with zero attached hydrogens (tertiary/aromatic N) is 3. The minimum atomic E-state index is -4.82. The van der Waals surface area contributed by atoms with Gasteiger partial charge in [0.05, 0.1) is 35.9 Å². The van der Waals surface area contributed by atoms with Crippen LogP contribution in [0.2, 0.25) is 0 Å². The van der Waals surface area contributed by atoms with Gasteiger partial charge < -0.3 is 9.64 Å². The lowest BCUT2D eigenvalue weighted by atomic mass is 10.0. The number of carbonyl (C=O) groups is 1. The second-order valence-electron chi connectivity index (χ2n) is 8.10. The predicted molar refractivity (Wildman–Crippen MR) is 115 cm³/mol. The summed E-state index contributed by atoms with van der Waals surface area (Å²) in [4.78, 5) is 15.1. The van der Waals surface area contributed by atoms with Crippen LogP contribution in [-0.4, -0.2) is 43.2 Å². The van der Waals surface area contributed by atoms with Crippen molar-refractivity contribution >= 4 is 11.7 Å². The normalized spacial score (nSPS) is 16.7. The Morgan fingerprint density at radius 1 is 1.11 bits per heavy atom.